The standard InChI is InChI=1S/C22H14F3NO2/c23-22(24,25)15-6-4-8-17(13-15)28-16-7-3-5-14(11-16)12-19-18-9-1-2-10-20(18)26-21(19)27/h1-13H,(H,26,27). The number of carbonyl (C=O) groups excluding carboxylic acids is 1. The van der Waals surface area contributed by atoms with E-state index in [1.807, 2.05) is 24.3 Å². The first-order valence-corrected chi connectivity index (χ1v) is 8.48. The lowest BCUT2D eigenvalue weighted by Crippen LogP contribution is -2.04. The Labute approximate surface area is 159 Å². The second-order valence-corrected chi connectivity index (χ2v) is 6.26. The lowest BCUT2D eigenvalue weighted by atomic mass is 10.0. The Kier molecular flexibility index (Phi) is 4.39. The summed E-state index contributed by atoms with van der Waals surface area (Å²) in [7, 11) is 0. The Balaban J connectivity index is 1.62. The zero-order chi connectivity index (χ0) is 19.7. The molecule has 0 radical (unpaired) electrons. The van der Waals surface area contributed by atoms with Gasteiger partial charge in [0.15, 0.2) is 0 Å². The molecule has 1 amide bonds. The fourth-order valence-corrected chi connectivity index (χ4v) is 2.99. The summed E-state index contributed by atoms with van der Waals surface area (Å²) >= 11 is 0. The molecule has 4 rings (SSSR count). The zero-order valence-corrected chi connectivity index (χ0v) is 14.5. The van der Waals surface area contributed by atoms with Crippen molar-refractivity contribution in [1.29, 1.82) is 0 Å². The van der Waals surface area contributed by atoms with Gasteiger partial charge >= 0.3 is 6.18 Å². The van der Waals surface area contributed by atoms with Crippen molar-refractivity contribution in [2.75, 3.05) is 5.32 Å². The molecule has 1 heterocycles. The topological polar surface area (TPSA) is 38.3 Å². The maximum Gasteiger partial charge on any atom is 0.416 e. The van der Waals surface area contributed by atoms with Crippen molar-refractivity contribution in [2.45, 2.75) is 6.18 Å². The number of alkyl halides is 3. The van der Waals surface area contributed by atoms with Crippen molar-refractivity contribution < 1.29 is 22.7 Å². The lowest BCUT2D eigenvalue weighted by Gasteiger charge is -2.10. The van der Waals surface area contributed by atoms with E-state index in [9.17, 15) is 18.0 Å². The zero-order valence-electron chi connectivity index (χ0n) is 14.5. The van der Waals surface area contributed by atoms with E-state index in [2.05, 4.69) is 5.32 Å². The average molecular weight is 381 g/mol. The van der Waals surface area contributed by atoms with E-state index in [-0.39, 0.29) is 11.7 Å². The summed E-state index contributed by atoms with van der Waals surface area (Å²) in [6.45, 7) is 0. The highest BCUT2D eigenvalue weighted by atomic mass is 19.4. The van der Waals surface area contributed by atoms with Gasteiger partial charge in [0.2, 0.25) is 0 Å². The van der Waals surface area contributed by atoms with Crippen LogP contribution in [0.5, 0.6) is 11.5 Å². The lowest BCUT2D eigenvalue weighted by molar-refractivity contribution is -0.137. The third-order valence-electron chi connectivity index (χ3n) is 4.28. The van der Waals surface area contributed by atoms with E-state index in [4.69, 9.17) is 4.74 Å². The largest absolute Gasteiger partial charge is 0.457 e. The number of carbonyl (C=O) groups is 1. The monoisotopic (exact) mass is 381 g/mol. The molecule has 140 valence electrons. The number of halogens is 3. The summed E-state index contributed by atoms with van der Waals surface area (Å²) in [5.41, 5.74) is 1.99. The molecule has 3 nitrogen and oxygen atoms in total. The molecule has 0 aliphatic carbocycles. The molecule has 0 fully saturated rings. The minimum Gasteiger partial charge on any atom is -0.457 e. The van der Waals surface area contributed by atoms with Crippen LogP contribution in [0.1, 0.15) is 16.7 Å². The highest BCUT2D eigenvalue weighted by Gasteiger charge is 2.30. The van der Waals surface area contributed by atoms with Crippen LogP contribution in [0.15, 0.2) is 72.8 Å². The third kappa shape index (κ3) is 3.62. The van der Waals surface area contributed by atoms with Gasteiger partial charge in [-0.25, -0.2) is 0 Å². The molecule has 0 atom stereocenters. The maximum absolute atomic E-state index is 12.9. The Morgan fingerprint density at radius 3 is 2.36 bits per heavy atom. The second kappa shape index (κ2) is 6.88. The minimum atomic E-state index is -4.44. The van der Waals surface area contributed by atoms with E-state index >= 15 is 0 Å². The highest BCUT2D eigenvalue weighted by molar-refractivity contribution is 6.34. The number of para-hydroxylation sites is 1. The molecule has 3 aromatic carbocycles. The molecule has 1 aliphatic rings. The first kappa shape index (κ1) is 17.9. The molecular weight excluding hydrogens is 367 g/mol. The van der Waals surface area contributed by atoms with Crippen LogP contribution in [0.4, 0.5) is 18.9 Å². The molecule has 0 saturated heterocycles. The van der Waals surface area contributed by atoms with Crippen LogP contribution in [-0.4, -0.2) is 5.91 Å². The van der Waals surface area contributed by atoms with Gasteiger partial charge in [-0.1, -0.05) is 36.4 Å². The van der Waals surface area contributed by atoms with Gasteiger partial charge in [0.05, 0.1) is 5.56 Å². The average Bonchev–Trinajstić information content (AvgIpc) is 2.97. The van der Waals surface area contributed by atoms with E-state index in [1.165, 1.54) is 12.1 Å². The van der Waals surface area contributed by atoms with E-state index in [0.29, 0.717) is 16.9 Å². The fourth-order valence-electron chi connectivity index (χ4n) is 2.99. The van der Waals surface area contributed by atoms with Crippen molar-refractivity contribution in [3.63, 3.8) is 0 Å². The molecule has 0 spiro atoms. The second-order valence-electron chi connectivity index (χ2n) is 6.26. The van der Waals surface area contributed by atoms with Crippen LogP contribution < -0.4 is 10.1 Å². The van der Waals surface area contributed by atoms with E-state index in [1.54, 1.807) is 30.3 Å². The number of rotatable bonds is 3. The van der Waals surface area contributed by atoms with Crippen molar-refractivity contribution in [3.05, 3.63) is 89.5 Å². The highest BCUT2D eigenvalue weighted by Crippen LogP contribution is 2.34. The number of hydrogen-bond acceptors (Lipinski definition) is 2. The predicted molar refractivity (Wildman–Crippen MR) is 101 cm³/mol. The molecule has 28 heavy (non-hydrogen) atoms. The summed E-state index contributed by atoms with van der Waals surface area (Å²) in [4.78, 5) is 12.2. The molecule has 1 N–H and O–H groups in total. The number of benzene rings is 3. The number of ether oxygens (including phenoxy) is 1. The maximum atomic E-state index is 12.9. The number of anilines is 1. The summed E-state index contributed by atoms with van der Waals surface area (Å²) < 4.78 is 44.2. The molecule has 6 heteroatoms. The molecule has 0 saturated carbocycles. The molecule has 0 aromatic heterocycles. The van der Waals surface area contributed by atoms with Crippen LogP contribution in [0, 0.1) is 0 Å². The molecule has 0 bridgehead atoms. The molecular formula is C22H14F3NO2. The Morgan fingerprint density at radius 1 is 0.857 bits per heavy atom. The first-order chi connectivity index (χ1) is 13.4. The van der Waals surface area contributed by atoms with Gasteiger partial charge in [0.1, 0.15) is 11.5 Å². The van der Waals surface area contributed by atoms with Crippen LogP contribution in [0.3, 0.4) is 0 Å². The number of nitrogens with one attached hydrogen (secondary N) is 1. The molecule has 0 unspecified atom stereocenters. The summed E-state index contributed by atoms with van der Waals surface area (Å²) in [5.74, 6) is 0.259. The molecule has 1 aliphatic heterocycles. The van der Waals surface area contributed by atoms with Crippen LogP contribution >= 0.6 is 0 Å². The van der Waals surface area contributed by atoms with Gasteiger partial charge in [0, 0.05) is 16.8 Å². The minimum absolute atomic E-state index is 0.0867. The summed E-state index contributed by atoms with van der Waals surface area (Å²) in [5, 5.41) is 2.80. The van der Waals surface area contributed by atoms with Crippen molar-refractivity contribution in [2.24, 2.45) is 0 Å². The predicted octanol–water partition coefficient (Wildman–Crippen LogP) is 5.99. The van der Waals surface area contributed by atoms with Crippen molar-refractivity contribution >= 4 is 23.2 Å². The number of hydrogen-bond donors (Lipinski definition) is 1. The van der Waals surface area contributed by atoms with Gasteiger partial charge in [-0.15, -0.1) is 0 Å². The normalized spacial score (nSPS) is 14.7. The van der Waals surface area contributed by atoms with Crippen LogP contribution in [-0.2, 0) is 11.0 Å². The van der Waals surface area contributed by atoms with Gasteiger partial charge in [0.25, 0.3) is 5.91 Å². The van der Waals surface area contributed by atoms with E-state index < -0.39 is 11.7 Å². The number of fused-ring (bicyclic) bond motifs is 1. The van der Waals surface area contributed by atoms with E-state index in [0.717, 1.165) is 23.4 Å². The molecule has 3 aromatic rings. The Morgan fingerprint density at radius 2 is 1.57 bits per heavy atom. The SMILES string of the molecule is O=C1Nc2ccccc2C1=Cc1cccc(Oc2cccc(C(F)(F)F)c2)c1. The Hall–Kier alpha value is -3.54. The van der Waals surface area contributed by atoms with Crippen LogP contribution in [0.2, 0.25) is 0 Å². The quantitative estimate of drug-likeness (QED) is 0.566. The van der Waals surface area contributed by atoms with Gasteiger partial charge in [-0.3, -0.25) is 4.79 Å². The van der Waals surface area contributed by atoms with Gasteiger partial charge < -0.3 is 10.1 Å². The smallest absolute Gasteiger partial charge is 0.416 e. The van der Waals surface area contributed by atoms with Crippen molar-refractivity contribution in [1.82, 2.24) is 0 Å². The third-order valence-corrected chi connectivity index (χ3v) is 4.28. The summed E-state index contributed by atoms with van der Waals surface area (Å²) in [6.07, 6.45) is -2.71. The fraction of sp³-hybridized carbons (Fsp3) is 0.0455. The first-order valence-electron chi connectivity index (χ1n) is 8.48. The van der Waals surface area contributed by atoms with Gasteiger partial charge in [-0.2, -0.15) is 13.2 Å². The summed E-state index contributed by atoms with van der Waals surface area (Å²) in [6, 6.07) is 18.9. The van der Waals surface area contributed by atoms with Crippen LogP contribution in [0.25, 0.3) is 11.6 Å². The Bertz CT molecular complexity index is 1090. The van der Waals surface area contributed by atoms with Crippen molar-refractivity contribution in [3.8, 4) is 11.5 Å². The van der Waals surface area contributed by atoms with Gasteiger partial charge in [-0.05, 0) is 48.0 Å². The number of amides is 1.